The number of carbonyl (C=O) groups is 1. The van der Waals surface area contributed by atoms with Crippen LogP contribution in [0.5, 0.6) is 0 Å². The zero-order valence-corrected chi connectivity index (χ0v) is 12.0. The van der Waals surface area contributed by atoms with Gasteiger partial charge in [0.1, 0.15) is 0 Å². The summed E-state index contributed by atoms with van der Waals surface area (Å²) >= 11 is 0. The fraction of sp³-hybridized carbons (Fsp3) is 0.235. The van der Waals surface area contributed by atoms with Crippen LogP contribution in [0.3, 0.4) is 0 Å². The number of nitrogens with one attached hydrogen (secondary N) is 1. The molecule has 1 unspecified atom stereocenters. The molecule has 110 valence electrons. The van der Waals surface area contributed by atoms with Crippen LogP contribution in [-0.2, 0) is 6.42 Å². The van der Waals surface area contributed by atoms with Gasteiger partial charge in [-0.2, -0.15) is 0 Å². The number of rotatable bonds is 4. The molecule has 2 nitrogen and oxygen atoms in total. The third-order valence-electron chi connectivity index (χ3n) is 3.43. The van der Waals surface area contributed by atoms with E-state index >= 15 is 0 Å². The van der Waals surface area contributed by atoms with Gasteiger partial charge >= 0.3 is 0 Å². The predicted octanol–water partition coefficient (Wildman–Crippen LogP) is 4.02. The minimum Gasteiger partial charge on any atom is -0.345 e. The lowest BCUT2D eigenvalue weighted by Crippen LogP contribution is -2.27. The van der Waals surface area contributed by atoms with E-state index in [0.29, 0.717) is 0 Å². The number of benzene rings is 2. The molecule has 2 aromatic rings. The molecular weight excluding hydrogens is 272 g/mol. The minimum atomic E-state index is -1.12. The SMILES string of the molecule is CCc1ccc(C(C)NC(=O)c2cccc(F)c2F)cc1. The van der Waals surface area contributed by atoms with Gasteiger partial charge in [-0.3, -0.25) is 4.79 Å². The summed E-state index contributed by atoms with van der Waals surface area (Å²) in [5, 5.41) is 2.67. The highest BCUT2D eigenvalue weighted by Crippen LogP contribution is 2.16. The van der Waals surface area contributed by atoms with Gasteiger partial charge in [0.2, 0.25) is 0 Å². The number of aryl methyl sites for hydroxylation is 1. The van der Waals surface area contributed by atoms with Gasteiger partial charge < -0.3 is 5.32 Å². The second-order valence-corrected chi connectivity index (χ2v) is 4.89. The summed E-state index contributed by atoms with van der Waals surface area (Å²) in [4.78, 5) is 12.0. The normalized spacial score (nSPS) is 12.0. The fourth-order valence-electron chi connectivity index (χ4n) is 2.08. The highest BCUT2D eigenvalue weighted by Gasteiger charge is 2.17. The van der Waals surface area contributed by atoms with E-state index in [-0.39, 0.29) is 11.6 Å². The first-order valence-corrected chi connectivity index (χ1v) is 6.86. The Hall–Kier alpha value is -2.23. The third-order valence-corrected chi connectivity index (χ3v) is 3.43. The van der Waals surface area contributed by atoms with E-state index < -0.39 is 17.5 Å². The molecule has 4 heteroatoms. The highest BCUT2D eigenvalue weighted by atomic mass is 19.2. The molecule has 0 spiro atoms. The molecule has 0 aliphatic carbocycles. The summed E-state index contributed by atoms with van der Waals surface area (Å²) in [6.07, 6.45) is 0.940. The molecule has 0 heterocycles. The topological polar surface area (TPSA) is 29.1 Å². The van der Waals surface area contributed by atoms with Crippen LogP contribution in [0, 0.1) is 11.6 Å². The smallest absolute Gasteiger partial charge is 0.254 e. The average molecular weight is 289 g/mol. The van der Waals surface area contributed by atoms with Crippen molar-refractivity contribution in [2.45, 2.75) is 26.3 Å². The molecule has 0 fully saturated rings. The van der Waals surface area contributed by atoms with Crippen LogP contribution >= 0.6 is 0 Å². The zero-order chi connectivity index (χ0) is 15.4. The quantitative estimate of drug-likeness (QED) is 0.905. The first-order valence-electron chi connectivity index (χ1n) is 6.86. The molecule has 0 aliphatic rings. The first-order chi connectivity index (χ1) is 10.0. The van der Waals surface area contributed by atoms with E-state index in [2.05, 4.69) is 12.2 Å². The van der Waals surface area contributed by atoms with Gasteiger partial charge in [-0.15, -0.1) is 0 Å². The van der Waals surface area contributed by atoms with Gasteiger partial charge in [-0.1, -0.05) is 37.3 Å². The lowest BCUT2D eigenvalue weighted by Gasteiger charge is -2.15. The molecule has 2 rings (SSSR count). The molecule has 21 heavy (non-hydrogen) atoms. The fourth-order valence-corrected chi connectivity index (χ4v) is 2.08. The lowest BCUT2D eigenvalue weighted by molar-refractivity contribution is 0.0934. The van der Waals surface area contributed by atoms with E-state index in [1.807, 2.05) is 24.3 Å². The summed E-state index contributed by atoms with van der Waals surface area (Å²) in [7, 11) is 0. The monoisotopic (exact) mass is 289 g/mol. The second-order valence-electron chi connectivity index (χ2n) is 4.89. The summed E-state index contributed by atoms with van der Waals surface area (Å²) < 4.78 is 26.7. The van der Waals surface area contributed by atoms with Gasteiger partial charge in [0.15, 0.2) is 11.6 Å². The van der Waals surface area contributed by atoms with Gasteiger partial charge in [0, 0.05) is 0 Å². The molecule has 0 saturated carbocycles. The molecule has 0 aromatic heterocycles. The summed E-state index contributed by atoms with van der Waals surface area (Å²) in [5.74, 6) is -2.77. The van der Waals surface area contributed by atoms with E-state index in [1.54, 1.807) is 6.92 Å². The number of carbonyl (C=O) groups excluding carboxylic acids is 1. The Morgan fingerprint density at radius 1 is 1.14 bits per heavy atom. The average Bonchev–Trinajstić information content (AvgIpc) is 2.50. The Morgan fingerprint density at radius 3 is 2.43 bits per heavy atom. The summed E-state index contributed by atoms with van der Waals surface area (Å²) in [5.41, 5.74) is 1.83. The van der Waals surface area contributed by atoms with Gasteiger partial charge in [-0.05, 0) is 36.6 Å². The van der Waals surface area contributed by atoms with E-state index in [1.165, 1.54) is 17.7 Å². The van der Waals surface area contributed by atoms with Crippen molar-refractivity contribution >= 4 is 5.91 Å². The molecule has 0 radical (unpaired) electrons. The molecule has 2 aromatic carbocycles. The molecule has 0 aliphatic heterocycles. The van der Waals surface area contributed by atoms with Crippen LogP contribution in [0.1, 0.15) is 41.4 Å². The maximum Gasteiger partial charge on any atom is 0.254 e. The third kappa shape index (κ3) is 3.45. The number of amides is 1. The van der Waals surface area contributed by atoms with Crippen molar-refractivity contribution in [3.05, 3.63) is 70.8 Å². The van der Waals surface area contributed by atoms with Crippen molar-refractivity contribution in [2.75, 3.05) is 0 Å². The maximum absolute atomic E-state index is 13.6. The summed E-state index contributed by atoms with van der Waals surface area (Å²) in [6, 6.07) is 11.1. The first kappa shape index (κ1) is 15.2. The van der Waals surface area contributed by atoms with Crippen molar-refractivity contribution in [3.8, 4) is 0 Å². The number of halogens is 2. The zero-order valence-electron chi connectivity index (χ0n) is 12.0. The van der Waals surface area contributed by atoms with Crippen LogP contribution in [0.25, 0.3) is 0 Å². The van der Waals surface area contributed by atoms with E-state index in [0.717, 1.165) is 18.1 Å². The Bertz CT molecular complexity index is 638. The van der Waals surface area contributed by atoms with Gasteiger partial charge in [-0.25, -0.2) is 8.78 Å². The minimum absolute atomic E-state index is 0.285. The van der Waals surface area contributed by atoms with Crippen LogP contribution in [0.4, 0.5) is 8.78 Å². The van der Waals surface area contributed by atoms with Crippen molar-refractivity contribution in [2.24, 2.45) is 0 Å². The summed E-state index contributed by atoms with van der Waals surface area (Å²) in [6.45, 7) is 3.86. The Kier molecular flexibility index (Phi) is 4.68. The van der Waals surface area contributed by atoms with Crippen molar-refractivity contribution in [1.82, 2.24) is 5.32 Å². The standard InChI is InChI=1S/C17H17F2NO/c1-3-12-7-9-13(10-8-12)11(2)20-17(21)14-5-4-6-15(18)16(14)19/h4-11H,3H2,1-2H3,(H,20,21). The van der Waals surface area contributed by atoms with Crippen LogP contribution in [0.2, 0.25) is 0 Å². The largest absolute Gasteiger partial charge is 0.345 e. The molecule has 0 saturated heterocycles. The molecular formula is C17H17F2NO. The van der Waals surface area contributed by atoms with E-state index in [4.69, 9.17) is 0 Å². The van der Waals surface area contributed by atoms with Crippen LogP contribution in [0.15, 0.2) is 42.5 Å². The Labute approximate surface area is 122 Å². The van der Waals surface area contributed by atoms with E-state index in [9.17, 15) is 13.6 Å². The molecule has 0 bridgehead atoms. The van der Waals surface area contributed by atoms with Gasteiger partial charge in [0.05, 0.1) is 11.6 Å². The molecule has 1 amide bonds. The van der Waals surface area contributed by atoms with Crippen molar-refractivity contribution in [1.29, 1.82) is 0 Å². The molecule has 1 atom stereocenters. The molecule has 1 N–H and O–H groups in total. The predicted molar refractivity (Wildman–Crippen MR) is 78.1 cm³/mol. The van der Waals surface area contributed by atoms with Crippen molar-refractivity contribution < 1.29 is 13.6 Å². The number of hydrogen-bond acceptors (Lipinski definition) is 1. The lowest BCUT2D eigenvalue weighted by atomic mass is 10.0. The number of hydrogen-bond donors (Lipinski definition) is 1. The highest BCUT2D eigenvalue weighted by molar-refractivity contribution is 5.94. The van der Waals surface area contributed by atoms with Crippen LogP contribution in [-0.4, -0.2) is 5.91 Å². The Morgan fingerprint density at radius 2 is 1.81 bits per heavy atom. The Balaban J connectivity index is 2.12. The van der Waals surface area contributed by atoms with Crippen molar-refractivity contribution in [3.63, 3.8) is 0 Å². The van der Waals surface area contributed by atoms with Crippen LogP contribution < -0.4 is 5.32 Å². The maximum atomic E-state index is 13.6. The second kappa shape index (κ2) is 6.48. The van der Waals surface area contributed by atoms with Gasteiger partial charge in [0.25, 0.3) is 5.91 Å².